The first kappa shape index (κ1) is 20.1. The molecule has 1 aliphatic rings. The number of nitrogens with one attached hydrogen (secondary N) is 2. The van der Waals surface area contributed by atoms with Crippen LogP contribution in [0.1, 0.15) is 36.0 Å². The molecule has 146 valence electrons. The zero-order valence-electron chi connectivity index (χ0n) is 14.8. The average molecular weight is 379 g/mol. The number of nitro groups is 1. The second kappa shape index (κ2) is 8.97. The molecule has 2 rings (SSSR count). The minimum atomic E-state index is -0.818. The van der Waals surface area contributed by atoms with Crippen LogP contribution >= 0.6 is 0 Å². The molecule has 0 spiro atoms. The van der Waals surface area contributed by atoms with Crippen LogP contribution in [0, 0.1) is 16.0 Å². The number of rotatable bonds is 7. The van der Waals surface area contributed by atoms with Crippen LogP contribution in [0.3, 0.4) is 0 Å². The zero-order chi connectivity index (χ0) is 20.0. The number of nitro benzene ring substituents is 1. The molecule has 1 aliphatic carbocycles. The fourth-order valence-electron chi connectivity index (χ4n) is 2.98. The number of aliphatic carboxylic acids is 1. The molecule has 27 heavy (non-hydrogen) atoms. The van der Waals surface area contributed by atoms with E-state index in [0.29, 0.717) is 25.7 Å². The topological polar surface area (TPSA) is 148 Å². The maximum Gasteiger partial charge on any atom is 0.325 e. The lowest BCUT2D eigenvalue weighted by Gasteiger charge is -2.27. The van der Waals surface area contributed by atoms with Gasteiger partial charge in [0.15, 0.2) is 0 Å². The highest BCUT2D eigenvalue weighted by atomic mass is 16.6. The Labute approximate surface area is 155 Å². The van der Waals surface area contributed by atoms with Crippen molar-refractivity contribution in [3.05, 3.63) is 33.9 Å². The van der Waals surface area contributed by atoms with E-state index in [9.17, 15) is 24.5 Å². The average Bonchev–Trinajstić information content (AvgIpc) is 2.66. The van der Waals surface area contributed by atoms with Crippen LogP contribution in [-0.2, 0) is 14.3 Å². The van der Waals surface area contributed by atoms with Crippen LogP contribution in [-0.4, -0.2) is 47.6 Å². The molecule has 0 unspecified atom stereocenters. The third-order valence-corrected chi connectivity index (χ3v) is 4.51. The molecule has 1 aromatic carbocycles. The maximum absolute atomic E-state index is 12.0. The second-order valence-electron chi connectivity index (χ2n) is 6.28. The molecule has 1 saturated carbocycles. The van der Waals surface area contributed by atoms with Crippen LogP contribution < -0.4 is 10.6 Å². The number of carboxylic acids is 1. The predicted molar refractivity (Wildman–Crippen MR) is 94.5 cm³/mol. The van der Waals surface area contributed by atoms with Gasteiger partial charge in [-0.1, -0.05) is 0 Å². The molecule has 10 heteroatoms. The summed E-state index contributed by atoms with van der Waals surface area (Å²) in [6.45, 7) is -0.337. The van der Waals surface area contributed by atoms with Gasteiger partial charge in [0, 0.05) is 17.7 Å². The molecule has 1 amide bonds. The van der Waals surface area contributed by atoms with Crippen molar-refractivity contribution < 1.29 is 29.2 Å². The van der Waals surface area contributed by atoms with Gasteiger partial charge in [0.1, 0.15) is 12.2 Å². The van der Waals surface area contributed by atoms with Gasteiger partial charge in [0.25, 0.3) is 11.6 Å². The summed E-state index contributed by atoms with van der Waals surface area (Å²) in [5.41, 5.74) is 0.0510. The molecule has 0 saturated heterocycles. The van der Waals surface area contributed by atoms with E-state index in [4.69, 9.17) is 5.11 Å². The first-order valence-electron chi connectivity index (χ1n) is 8.44. The predicted octanol–water partition coefficient (Wildman–Crippen LogP) is 1.55. The molecule has 0 aromatic heterocycles. The Morgan fingerprint density at radius 2 is 1.93 bits per heavy atom. The number of carbonyl (C=O) groups is 3. The van der Waals surface area contributed by atoms with Crippen LogP contribution in [0.15, 0.2) is 18.2 Å². The highest BCUT2D eigenvalue weighted by Crippen LogP contribution is 2.31. The van der Waals surface area contributed by atoms with Gasteiger partial charge < -0.3 is 20.5 Å². The Hall–Kier alpha value is -3.17. The number of methoxy groups -OCH3 is 1. The van der Waals surface area contributed by atoms with E-state index in [2.05, 4.69) is 15.4 Å². The first-order chi connectivity index (χ1) is 12.8. The summed E-state index contributed by atoms with van der Waals surface area (Å²) < 4.78 is 4.42. The van der Waals surface area contributed by atoms with Crippen LogP contribution in [0.2, 0.25) is 0 Å². The molecule has 0 aliphatic heterocycles. The normalized spacial score (nSPS) is 19.0. The van der Waals surface area contributed by atoms with Crippen LogP contribution in [0.5, 0.6) is 0 Å². The molecule has 0 heterocycles. The van der Waals surface area contributed by atoms with Crippen molar-refractivity contribution in [1.82, 2.24) is 5.32 Å². The minimum absolute atomic E-state index is 0.0470. The van der Waals surface area contributed by atoms with Crippen molar-refractivity contribution in [2.45, 2.75) is 31.7 Å². The van der Waals surface area contributed by atoms with Crippen molar-refractivity contribution >= 4 is 29.2 Å². The molecule has 1 aromatic rings. The number of esters is 1. The van der Waals surface area contributed by atoms with E-state index in [1.165, 1.54) is 19.2 Å². The number of ether oxygens (including phenoxy) is 1. The van der Waals surface area contributed by atoms with Crippen LogP contribution in [0.4, 0.5) is 11.4 Å². The van der Waals surface area contributed by atoms with Crippen LogP contribution in [0.25, 0.3) is 0 Å². The van der Waals surface area contributed by atoms with E-state index in [1.807, 2.05) is 0 Å². The summed E-state index contributed by atoms with van der Waals surface area (Å²) in [4.78, 5) is 44.9. The molecular formula is C17H21N3O7. The number of nitrogens with zero attached hydrogens (tertiary/aromatic N) is 1. The summed E-state index contributed by atoms with van der Waals surface area (Å²) in [6, 6.07) is 3.93. The fraction of sp³-hybridized carbons (Fsp3) is 0.471. The zero-order valence-corrected chi connectivity index (χ0v) is 14.8. The third kappa shape index (κ3) is 5.40. The Bertz CT molecular complexity index is 742. The summed E-state index contributed by atoms with van der Waals surface area (Å²) >= 11 is 0. The van der Waals surface area contributed by atoms with Gasteiger partial charge in [-0.2, -0.15) is 0 Å². The second-order valence-corrected chi connectivity index (χ2v) is 6.28. The molecule has 3 N–H and O–H groups in total. The lowest BCUT2D eigenvalue weighted by molar-refractivity contribution is -0.384. The van der Waals surface area contributed by atoms with Gasteiger partial charge in [0.05, 0.1) is 18.0 Å². The highest BCUT2D eigenvalue weighted by Gasteiger charge is 2.27. The summed E-state index contributed by atoms with van der Waals surface area (Å²) in [5.74, 6) is -2.45. The maximum atomic E-state index is 12.0. The smallest absolute Gasteiger partial charge is 0.325 e. The van der Waals surface area contributed by atoms with Gasteiger partial charge in [-0.15, -0.1) is 0 Å². The quantitative estimate of drug-likeness (QED) is 0.367. The lowest BCUT2D eigenvalue weighted by atomic mass is 9.86. The highest BCUT2D eigenvalue weighted by molar-refractivity contribution is 5.97. The number of hydrogen-bond donors (Lipinski definition) is 3. The van der Waals surface area contributed by atoms with Crippen molar-refractivity contribution in [1.29, 1.82) is 0 Å². The van der Waals surface area contributed by atoms with E-state index in [-0.39, 0.29) is 35.4 Å². The van der Waals surface area contributed by atoms with Crippen molar-refractivity contribution in [3.8, 4) is 0 Å². The lowest BCUT2D eigenvalue weighted by Crippen LogP contribution is -2.30. The monoisotopic (exact) mass is 379 g/mol. The van der Waals surface area contributed by atoms with Gasteiger partial charge >= 0.3 is 11.9 Å². The van der Waals surface area contributed by atoms with Crippen molar-refractivity contribution in [3.63, 3.8) is 0 Å². The van der Waals surface area contributed by atoms with E-state index in [1.54, 1.807) is 0 Å². The van der Waals surface area contributed by atoms with Gasteiger partial charge in [-0.25, -0.2) is 0 Å². The molecular weight excluding hydrogens is 358 g/mol. The molecule has 0 atom stereocenters. The number of carboxylic acid groups (broad SMARTS) is 1. The molecule has 1 fully saturated rings. The number of carbonyl (C=O) groups excluding carboxylic acids is 2. The fourth-order valence-corrected chi connectivity index (χ4v) is 2.98. The number of anilines is 1. The Morgan fingerprint density at radius 1 is 1.26 bits per heavy atom. The Balaban J connectivity index is 2.07. The Morgan fingerprint density at radius 3 is 2.48 bits per heavy atom. The SMILES string of the molecule is COC(=O)CNC(=O)c1ccc(NC2CCC(C(=O)O)CC2)c([N+](=O)[O-])c1. The number of benzene rings is 1. The van der Waals surface area contributed by atoms with Gasteiger partial charge in [-0.3, -0.25) is 24.5 Å². The number of hydrogen-bond acceptors (Lipinski definition) is 7. The summed E-state index contributed by atoms with van der Waals surface area (Å²) in [6.07, 6.45) is 2.20. The van der Waals surface area contributed by atoms with E-state index < -0.39 is 22.8 Å². The van der Waals surface area contributed by atoms with Gasteiger partial charge in [-0.05, 0) is 37.8 Å². The standard InChI is InChI=1S/C17H21N3O7/c1-27-15(21)9-18-16(22)11-4-7-13(14(8-11)20(25)26)19-12-5-2-10(3-6-12)17(23)24/h4,7-8,10,12,19H,2-3,5-6,9H2,1H3,(H,18,22)(H,23,24). The minimum Gasteiger partial charge on any atom is -0.481 e. The largest absolute Gasteiger partial charge is 0.481 e. The number of amides is 1. The Kier molecular flexibility index (Phi) is 6.69. The third-order valence-electron chi connectivity index (χ3n) is 4.51. The summed E-state index contributed by atoms with van der Waals surface area (Å²) in [5, 5.41) is 25.8. The van der Waals surface area contributed by atoms with Gasteiger partial charge in [0.2, 0.25) is 0 Å². The van der Waals surface area contributed by atoms with Crippen molar-refractivity contribution in [2.75, 3.05) is 19.0 Å². The molecule has 0 radical (unpaired) electrons. The van der Waals surface area contributed by atoms with E-state index >= 15 is 0 Å². The first-order valence-corrected chi connectivity index (χ1v) is 8.44. The molecule has 0 bridgehead atoms. The van der Waals surface area contributed by atoms with E-state index in [0.717, 1.165) is 6.07 Å². The summed E-state index contributed by atoms with van der Waals surface area (Å²) in [7, 11) is 1.18. The molecule has 10 nitrogen and oxygen atoms in total. The van der Waals surface area contributed by atoms with Crippen molar-refractivity contribution in [2.24, 2.45) is 5.92 Å².